The summed E-state index contributed by atoms with van der Waals surface area (Å²) in [6.45, 7) is 7.29. The summed E-state index contributed by atoms with van der Waals surface area (Å²) in [5, 5.41) is 7.82. The maximum absolute atomic E-state index is 12.0. The Morgan fingerprint density at radius 3 is 2.50 bits per heavy atom. The molecule has 4 rings (SSSR count). The number of nitrogens with one attached hydrogen (secondary N) is 1. The van der Waals surface area contributed by atoms with Crippen molar-refractivity contribution in [2.45, 2.75) is 20.0 Å². The number of aromatic nitrogens is 4. The van der Waals surface area contributed by atoms with Crippen molar-refractivity contribution in [1.82, 2.24) is 34.4 Å². The van der Waals surface area contributed by atoms with Crippen molar-refractivity contribution >= 4 is 18.1 Å². The van der Waals surface area contributed by atoms with Crippen molar-refractivity contribution in [3.63, 3.8) is 0 Å². The van der Waals surface area contributed by atoms with Crippen LogP contribution in [0.5, 0.6) is 0 Å². The highest BCUT2D eigenvalue weighted by Crippen LogP contribution is 2.22. The molecule has 1 saturated heterocycles. The number of carbonyl (C=O) groups excluding carboxylic acids is 1. The van der Waals surface area contributed by atoms with Crippen molar-refractivity contribution in [2.75, 3.05) is 39.3 Å². The van der Waals surface area contributed by atoms with Gasteiger partial charge in [0.05, 0.1) is 13.2 Å². The van der Waals surface area contributed by atoms with E-state index in [-0.39, 0.29) is 5.91 Å². The maximum atomic E-state index is 12.0. The van der Waals surface area contributed by atoms with Crippen LogP contribution in [-0.2, 0) is 11.5 Å². The SMILES string of the molecule is CCCNC(=O)CN1CCN(Cn2nc(-c3cccnc3)n(-c3ccccc3)c2=S)CC1. The van der Waals surface area contributed by atoms with E-state index in [1.807, 2.05) is 57.9 Å². The molecule has 1 amide bonds. The Morgan fingerprint density at radius 2 is 1.81 bits per heavy atom. The molecule has 1 fully saturated rings. The number of para-hydroxylation sites is 1. The zero-order chi connectivity index (χ0) is 22.3. The van der Waals surface area contributed by atoms with Crippen LogP contribution in [0.25, 0.3) is 17.1 Å². The Bertz CT molecular complexity index is 1070. The van der Waals surface area contributed by atoms with Crippen molar-refractivity contribution in [1.29, 1.82) is 0 Å². The lowest BCUT2D eigenvalue weighted by atomic mass is 10.2. The number of amides is 1. The maximum Gasteiger partial charge on any atom is 0.234 e. The molecule has 0 spiro atoms. The van der Waals surface area contributed by atoms with E-state index in [2.05, 4.69) is 27.0 Å². The predicted molar refractivity (Wildman–Crippen MR) is 127 cm³/mol. The number of benzene rings is 1. The van der Waals surface area contributed by atoms with Crippen molar-refractivity contribution in [2.24, 2.45) is 0 Å². The summed E-state index contributed by atoms with van der Waals surface area (Å²) in [5.74, 6) is 0.880. The third kappa shape index (κ3) is 5.29. The Hall–Kier alpha value is -2.88. The molecule has 32 heavy (non-hydrogen) atoms. The molecular weight excluding hydrogens is 422 g/mol. The molecule has 0 unspecified atom stereocenters. The van der Waals surface area contributed by atoms with Crippen LogP contribution in [0.1, 0.15) is 13.3 Å². The van der Waals surface area contributed by atoms with E-state index in [4.69, 9.17) is 17.3 Å². The van der Waals surface area contributed by atoms with Gasteiger partial charge in [-0.15, -0.1) is 5.10 Å². The number of piperazine rings is 1. The van der Waals surface area contributed by atoms with E-state index in [0.29, 0.717) is 18.0 Å². The van der Waals surface area contributed by atoms with Gasteiger partial charge in [-0.05, 0) is 42.9 Å². The lowest BCUT2D eigenvalue weighted by Crippen LogP contribution is -2.49. The van der Waals surface area contributed by atoms with E-state index in [1.54, 1.807) is 6.20 Å². The highest BCUT2D eigenvalue weighted by atomic mass is 32.1. The number of carbonyl (C=O) groups is 1. The smallest absolute Gasteiger partial charge is 0.234 e. The Labute approximate surface area is 193 Å². The minimum Gasteiger partial charge on any atom is -0.355 e. The van der Waals surface area contributed by atoms with E-state index in [0.717, 1.165) is 56.2 Å². The van der Waals surface area contributed by atoms with Crippen LogP contribution in [0.15, 0.2) is 54.9 Å². The first-order valence-corrected chi connectivity index (χ1v) is 11.4. The Kier molecular flexibility index (Phi) is 7.41. The summed E-state index contributed by atoms with van der Waals surface area (Å²) in [5.41, 5.74) is 1.90. The first-order valence-electron chi connectivity index (χ1n) is 11.0. The number of nitrogens with zero attached hydrogens (tertiary/aromatic N) is 6. The lowest BCUT2D eigenvalue weighted by Gasteiger charge is -2.33. The molecule has 9 heteroatoms. The number of hydrogen-bond donors (Lipinski definition) is 1. The number of rotatable bonds is 8. The van der Waals surface area contributed by atoms with Crippen LogP contribution in [0.2, 0.25) is 0 Å². The van der Waals surface area contributed by atoms with Gasteiger partial charge in [0, 0.05) is 56.4 Å². The summed E-state index contributed by atoms with van der Waals surface area (Å²) in [7, 11) is 0. The van der Waals surface area contributed by atoms with Crippen LogP contribution in [0, 0.1) is 4.77 Å². The van der Waals surface area contributed by atoms with Gasteiger partial charge in [0.15, 0.2) is 5.82 Å². The van der Waals surface area contributed by atoms with Crippen LogP contribution in [0.4, 0.5) is 0 Å². The summed E-state index contributed by atoms with van der Waals surface area (Å²) in [6.07, 6.45) is 4.52. The van der Waals surface area contributed by atoms with Gasteiger partial charge in [0.1, 0.15) is 0 Å². The largest absolute Gasteiger partial charge is 0.355 e. The molecule has 1 aliphatic rings. The lowest BCUT2D eigenvalue weighted by molar-refractivity contribution is -0.122. The first-order chi connectivity index (χ1) is 15.7. The molecule has 8 nitrogen and oxygen atoms in total. The zero-order valence-corrected chi connectivity index (χ0v) is 19.2. The standard InChI is InChI=1S/C23H29N7OS/c1-2-10-25-21(31)17-27-12-14-28(15-13-27)18-29-23(32)30(20-8-4-3-5-9-20)22(26-29)19-7-6-11-24-16-19/h3-9,11,16H,2,10,12-15,17-18H2,1H3,(H,25,31). The Morgan fingerprint density at radius 1 is 1.06 bits per heavy atom. The molecule has 168 valence electrons. The second kappa shape index (κ2) is 10.6. The Balaban J connectivity index is 1.49. The molecule has 0 bridgehead atoms. The second-order valence-electron chi connectivity index (χ2n) is 7.90. The topological polar surface area (TPSA) is 71.2 Å². The molecule has 1 aromatic carbocycles. The van der Waals surface area contributed by atoms with Crippen LogP contribution < -0.4 is 5.32 Å². The van der Waals surface area contributed by atoms with Crippen molar-refractivity contribution in [3.8, 4) is 17.1 Å². The van der Waals surface area contributed by atoms with Crippen LogP contribution in [-0.4, -0.2) is 74.3 Å². The molecular formula is C23H29N7OS. The molecule has 0 aliphatic carbocycles. The van der Waals surface area contributed by atoms with Gasteiger partial charge in [-0.3, -0.25) is 24.1 Å². The van der Waals surface area contributed by atoms with E-state index < -0.39 is 0 Å². The van der Waals surface area contributed by atoms with Crippen molar-refractivity contribution < 1.29 is 4.79 Å². The molecule has 3 heterocycles. The molecule has 1 N–H and O–H groups in total. The molecule has 1 aliphatic heterocycles. The monoisotopic (exact) mass is 451 g/mol. The highest BCUT2D eigenvalue weighted by molar-refractivity contribution is 7.71. The van der Waals surface area contributed by atoms with Gasteiger partial charge in [-0.2, -0.15) is 0 Å². The van der Waals surface area contributed by atoms with Gasteiger partial charge in [-0.25, -0.2) is 4.68 Å². The number of pyridine rings is 1. The summed E-state index contributed by atoms with van der Waals surface area (Å²) < 4.78 is 4.53. The third-order valence-electron chi connectivity index (χ3n) is 5.51. The summed E-state index contributed by atoms with van der Waals surface area (Å²) in [6, 6.07) is 13.9. The fraction of sp³-hybridized carbons (Fsp3) is 0.391. The van der Waals surface area contributed by atoms with Crippen LogP contribution in [0.3, 0.4) is 0 Å². The van der Waals surface area contributed by atoms with E-state index in [1.165, 1.54) is 0 Å². The summed E-state index contributed by atoms with van der Waals surface area (Å²) in [4.78, 5) is 20.8. The van der Waals surface area contributed by atoms with Crippen molar-refractivity contribution in [3.05, 3.63) is 59.6 Å². The minimum atomic E-state index is 0.102. The quantitative estimate of drug-likeness (QED) is 0.531. The first kappa shape index (κ1) is 22.3. The van der Waals surface area contributed by atoms with Gasteiger partial charge >= 0.3 is 0 Å². The number of hydrogen-bond acceptors (Lipinski definition) is 6. The van der Waals surface area contributed by atoms with Gasteiger partial charge in [-0.1, -0.05) is 25.1 Å². The van der Waals surface area contributed by atoms with Gasteiger partial charge in [0.25, 0.3) is 0 Å². The van der Waals surface area contributed by atoms with Crippen LogP contribution >= 0.6 is 12.2 Å². The average molecular weight is 452 g/mol. The van der Waals surface area contributed by atoms with E-state index in [9.17, 15) is 4.79 Å². The van der Waals surface area contributed by atoms with E-state index >= 15 is 0 Å². The van der Waals surface area contributed by atoms with Gasteiger partial charge < -0.3 is 5.32 Å². The minimum absolute atomic E-state index is 0.102. The zero-order valence-electron chi connectivity index (χ0n) is 18.4. The molecule has 2 aromatic heterocycles. The molecule has 0 saturated carbocycles. The van der Waals surface area contributed by atoms with Gasteiger partial charge in [0.2, 0.25) is 10.7 Å². The third-order valence-corrected chi connectivity index (χ3v) is 5.91. The second-order valence-corrected chi connectivity index (χ2v) is 8.27. The molecule has 0 radical (unpaired) electrons. The average Bonchev–Trinajstić information content (AvgIpc) is 3.16. The fourth-order valence-corrected chi connectivity index (χ4v) is 4.08. The normalized spacial score (nSPS) is 15.0. The molecule has 0 atom stereocenters. The predicted octanol–water partition coefficient (Wildman–Crippen LogP) is 2.57. The summed E-state index contributed by atoms with van der Waals surface area (Å²) >= 11 is 5.84. The highest BCUT2D eigenvalue weighted by Gasteiger charge is 2.21. The molecule has 3 aromatic rings. The fourth-order valence-electron chi connectivity index (χ4n) is 3.79.